The first kappa shape index (κ1) is 12.3. The fraction of sp³-hybridized carbons (Fsp3) is 0.533. The average Bonchev–Trinajstić information content (AvgIpc) is 2.68. The number of nitriles is 1. The SMILES string of the molecule is CN1C2CCC1CC(C(=O)c1cc(C#N)ccn1)C2. The van der Waals surface area contributed by atoms with E-state index >= 15 is 0 Å². The van der Waals surface area contributed by atoms with Crippen molar-refractivity contribution in [2.45, 2.75) is 37.8 Å². The second kappa shape index (κ2) is 4.75. The Labute approximate surface area is 113 Å². The van der Waals surface area contributed by atoms with Crippen LogP contribution in [0.1, 0.15) is 41.7 Å². The number of carbonyl (C=O) groups is 1. The summed E-state index contributed by atoms with van der Waals surface area (Å²) >= 11 is 0. The molecule has 2 aliphatic heterocycles. The van der Waals surface area contributed by atoms with Crippen LogP contribution in [0.15, 0.2) is 18.3 Å². The lowest BCUT2D eigenvalue weighted by Gasteiger charge is -2.35. The lowest BCUT2D eigenvalue weighted by molar-refractivity contribution is 0.0762. The van der Waals surface area contributed by atoms with Crippen LogP contribution in [0.5, 0.6) is 0 Å². The molecule has 2 unspecified atom stereocenters. The molecule has 1 aromatic rings. The van der Waals surface area contributed by atoms with Gasteiger partial charge >= 0.3 is 0 Å². The van der Waals surface area contributed by atoms with Crippen LogP contribution < -0.4 is 0 Å². The number of nitrogens with zero attached hydrogens (tertiary/aromatic N) is 3. The monoisotopic (exact) mass is 255 g/mol. The molecule has 2 saturated heterocycles. The van der Waals surface area contributed by atoms with Crippen LogP contribution in [0.4, 0.5) is 0 Å². The van der Waals surface area contributed by atoms with Gasteiger partial charge in [-0.2, -0.15) is 5.26 Å². The largest absolute Gasteiger partial charge is 0.300 e. The third-order valence-corrected chi connectivity index (χ3v) is 4.61. The fourth-order valence-electron chi connectivity index (χ4n) is 3.47. The van der Waals surface area contributed by atoms with Crippen molar-refractivity contribution >= 4 is 5.78 Å². The van der Waals surface area contributed by atoms with E-state index in [4.69, 9.17) is 5.26 Å². The number of hydrogen-bond donors (Lipinski definition) is 0. The van der Waals surface area contributed by atoms with Gasteiger partial charge in [-0.1, -0.05) is 0 Å². The maximum absolute atomic E-state index is 12.5. The zero-order valence-corrected chi connectivity index (χ0v) is 11.0. The number of pyridine rings is 1. The van der Waals surface area contributed by atoms with Crippen LogP contribution in [0.2, 0.25) is 0 Å². The summed E-state index contributed by atoms with van der Waals surface area (Å²) in [5.74, 6) is 0.192. The molecule has 0 N–H and O–H groups in total. The second-order valence-corrected chi connectivity index (χ2v) is 5.62. The molecule has 0 aliphatic carbocycles. The van der Waals surface area contributed by atoms with Crippen LogP contribution in [0.3, 0.4) is 0 Å². The van der Waals surface area contributed by atoms with E-state index in [-0.39, 0.29) is 11.7 Å². The molecule has 2 atom stereocenters. The van der Waals surface area contributed by atoms with Crippen LogP contribution in [-0.4, -0.2) is 34.8 Å². The number of Topliss-reactive ketones (excluding diaryl/α,β-unsaturated/α-hetero) is 1. The lowest BCUT2D eigenvalue weighted by atomic mass is 9.86. The maximum atomic E-state index is 12.5. The topological polar surface area (TPSA) is 57.0 Å². The van der Waals surface area contributed by atoms with Crippen molar-refractivity contribution in [3.8, 4) is 6.07 Å². The maximum Gasteiger partial charge on any atom is 0.184 e. The van der Waals surface area contributed by atoms with Gasteiger partial charge in [-0.3, -0.25) is 9.78 Å². The Morgan fingerprint density at radius 1 is 1.42 bits per heavy atom. The highest BCUT2D eigenvalue weighted by Crippen LogP contribution is 2.38. The summed E-state index contributed by atoms with van der Waals surface area (Å²) < 4.78 is 0. The van der Waals surface area contributed by atoms with Crippen LogP contribution in [0, 0.1) is 17.2 Å². The molecule has 1 aromatic heterocycles. The minimum Gasteiger partial charge on any atom is -0.300 e. The van der Waals surface area contributed by atoms with Gasteiger partial charge in [0.15, 0.2) is 5.78 Å². The summed E-state index contributed by atoms with van der Waals surface area (Å²) in [5, 5.41) is 8.89. The molecule has 3 heterocycles. The summed E-state index contributed by atoms with van der Waals surface area (Å²) in [5.41, 5.74) is 0.960. The molecule has 0 saturated carbocycles. The van der Waals surface area contributed by atoms with E-state index in [1.807, 2.05) is 0 Å². The number of aromatic nitrogens is 1. The minimum absolute atomic E-state index is 0.0788. The molecule has 2 fully saturated rings. The first-order valence-electron chi connectivity index (χ1n) is 6.81. The van der Waals surface area contributed by atoms with Crippen LogP contribution in [-0.2, 0) is 0 Å². The molecular weight excluding hydrogens is 238 g/mol. The Hall–Kier alpha value is -1.73. The van der Waals surface area contributed by atoms with Gasteiger partial charge in [-0.15, -0.1) is 0 Å². The molecular formula is C15H17N3O. The molecule has 3 rings (SSSR count). The van der Waals surface area contributed by atoms with E-state index in [0.29, 0.717) is 23.3 Å². The van der Waals surface area contributed by atoms with E-state index in [1.54, 1.807) is 18.3 Å². The minimum atomic E-state index is 0.0788. The number of piperidine rings is 1. The average molecular weight is 255 g/mol. The van der Waals surface area contributed by atoms with Gasteiger partial charge < -0.3 is 4.90 Å². The highest BCUT2D eigenvalue weighted by atomic mass is 16.1. The predicted octanol–water partition coefficient (Wildman–Crippen LogP) is 2.01. The van der Waals surface area contributed by atoms with E-state index in [2.05, 4.69) is 23.0 Å². The normalized spacial score (nSPS) is 30.0. The van der Waals surface area contributed by atoms with Crippen molar-refractivity contribution in [1.82, 2.24) is 9.88 Å². The summed E-state index contributed by atoms with van der Waals surface area (Å²) in [6.45, 7) is 0. The number of rotatable bonds is 2. The van der Waals surface area contributed by atoms with Gasteiger partial charge in [0.25, 0.3) is 0 Å². The zero-order chi connectivity index (χ0) is 13.4. The Morgan fingerprint density at radius 2 is 2.11 bits per heavy atom. The quantitative estimate of drug-likeness (QED) is 0.758. The van der Waals surface area contributed by atoms with Gasteiger partial charge in [-0.25, -0.2) is 0 Å². The molecule has 4 nitrogen and oxygen atoms in total. The standard InChI is InChI=1S/C15H17N3O/c1-18-12-2-3-13(18)8-11(7-12)15(19)14-6-10(9-16)4-5-17-14/h4-6,11-13H,2-3,7-8H2,1H3. The molecule has 19 heavy (non-hydrogen) atoms. The lowest BCUT2D eigenvalue weighted by Crippen LogP contribution is -2.42. The second-order valence-electron chi connectivity index (χ2n) is 5.62. The fourth-order valence-corrected chi connectivity index (χ4v) is 3.47. The molecule has 0 radical (unpaired) electrons. The third-order valence-electron chi connectivity index (χ3n) is 4.61. The van der Waals surface area contributed by atoms with Gasteiger partial charge in [0.2, 0.25) is 0 Å². The Balaban J connectivity index is 1.80. The van der Waals surface area contributed by atoms with Crippen molar-refractivity contribution in [2.24, 2.45) is 5.92 Å². The van der Waals surface area contributed by atoms with Gasteiger partial charge in [-0.05, 0) is 44.9 Å². The van der Waals surface area contributed by atoms with Crippen molar-refractivity contribution in [3.05, 3.63) is 29.6 Å². The summed E-state index contributed by atoms with van der Waals surface area (Å²) in [7, 11) is 2.16. The molecule has 4 heteroatoms. The van der Waals surface area contributed by atoms with Crippen LogP contribution >= 0.6 is 0 Å². The number of ketones is 1. The highest BCUT2D eigenvalue weighted by molar-refractivity contribution is 5.96. The first-order chi connectivity index (χ1) is 9.19. The van der Waals surface area contributed by atoms with Crippen molar-refractivity contribution in [2.75, 3.05) is 7.05 Å². The highest BCUT2D eigenvalue weighted by Gasteiger charge is 2.41. The molecule has 2 bridgehead atoms. The summed E-state index contributed by atoms with van der Waals surface area (Å²) in [6.07, 6.45) is 5.83. The van der Waals surface area contributed by atoms with E-state index in [1.165, 1.54) is 12.8 Å². The Morgan fingerprint density at radius 3 is 2.74 bits per heavy atom. The van der Waals surface area contributed by atoms with Gasteiger partial charge in [0, 0.05) is 24.2 Å². The Kier molecular flexibility index (Phi) is 3.08. The summed E-state index contributed by atoms with van der Waals surface area (Å²) in [6, 6.07) is 6.41. The molecule has 0 amide bonds. The van der Waals surface area contributed by atoms with Crippen molar-refractivity contribution in [1.29, 1.82) is 5.26 Å². The predicted molar refractivity (Wildman–Crippen MR) is 70.6 cm³/mol. The first-order valence-corrected chi connectivity index (χ1v) is 6.81. The number of hydrogen-bond acceptors (Lipinski definition) is 4. The van der Waals surface area contributed by atoms with E-state index in [0.717, 1.165) is 12.8 Å². The van der Waals surface area contributed by atoms with Crippen LogP contribution in [0.25, 0.3) is 0 Å². The van der Waals surface area contributed by atoms with E-state index < -0.39 is 0 Å². The van der Waals surface area contributed by atoms with Crippen molar-refractivity contribution in [3.63, 3.8) is 0 Å². The zero-order valence-electron chi connectivity index (χ0n) is 11.0. The molecule has 98 valence electrons. The smallest absolute Gasteiger partial charge is 0.184 e. The number of fused-ring (bicyclic) bond motifs is 2. The third kappa shape index (κ3) is 2.15. The molecule has 0 spiro atoms. The van der Waals surface area contributed by atoms with Gasteiger partial charge in [0.1, 0.15) is 5.69 Å². The number of carbonyl (C=O) groups excluding carboxylic acids is 1. The Bertz CT molecular complexity index is 535. The van der Waals surface area contributed by atoms with Gasteiger partial charge in [0.05, 0.1) is 11.6 Å². The van der Waals surface area contributed by atoms with Crippen molar-refractivity contribution < 1.29 is 4.79 Å². The summed E-state index contributed by atoms with van der Waals surface area (Å²) in [4.78, 5) is 19.1. The van der Waals surface area contributed by atoms with E-state index in [9.17, 15) is 4.79 Å². The molecule has 2 aliphatic rings. The molecule has 0 aromatic carbocycles.